The van der Waals surface area contributed by atoms with E-state index in [9.17, 15) is 0 Å². The number of thiol groups is 1. The Labute approximate surface area is 73.0 Å². The molecule has 0 atom stereocenters. The van der Waals surface area contributed by atoms with Crippen molar-refractivity contribution in [1.29, 1.82) is 0 Å². The third-order valence-corrected chi connectivity index (χ3v) is 2.26. The lowest BCUT2D eigenvalue weighted by Crippen LogP contribution is -1.93. The zero-order valence-corrected chi connectivity index (χ0v) is 7.78. The summed E-state index contributed by atoms with van der Waals surface area (Å²) in [6.07, 6.45) is 0.989. The summed E-state index contributed by atoms with van der Waals surface area (Å²) in [6.45, 7) is 4.10. The minimum absolute atomic E-state index is 0.861. The highest BCUT2D eigenvalue weighted by molar-refractivity contribution is 7.80. The summed E-state index contributed by atoms with van der Waals surface area (Å²) in [6, 6.07) is 4.01. The number of aryl methyl sites for hydroxylation is 2. The maximum absolute atomic E-state index is 5.73. The van der Waals surface area contributed by atoms with Gasteiger partial charge >= 0.3 is 0 Å². The van der Waals surface area contributed by atoms with E-state index in [1.165, 1.54) is 5.56 Å². The van der Waals surface area contributed by atoms with E-state index in [0.29, 0.717) is 0 Å². The molecular weight excluding hydrogens is 154 g/mol. The lowest BCUT2D eigenvalue weighted by Gasteiger charge is -2.05. The number of rotatable bonds is 1. The molecule has 0 spiro atoms. The Balaban J connectivity index is 3.21. The van der Waals surface area contributed by atoms with Crippen LogP contribution in [0.1, 0.15) is 18.1 Å². The van der Waals surface area contributed by atoms with Crippen LogP contribution >= 0.6 is 12.6 Å². The fourth-order valence-electron chi connectivity index (χ4n) is 1.04. The number of nitrogens with two attached hydrogens (primary N) is 1. The topological polar surface area (TPSA) is 26.0 Å². The van der Waals surface area contributed by atoms with Gasteiger partial charge in [0.2, 0.25) is 0 Å². The fraction of sp³-hybridized carbons (Fsp3) is 0.333. The Morgan fingerprint density at radius 1 is 1.45 bits per heavy atom. The average Bonchev–Trinajstić information content (AvgIpc) is 1.97. The first-order valence-corrected chi connectivity index (χ1v) is 4.17. The summed E-state index contributed by atoms with van der Waals surface area (Å²) in [7, 11) is 0. The maximum atomic E-state index is 5.73. The van der Waals surface area contributed by atoms with Crippen LogP contribution in [-0.2, 0) is 6.42 Å². The van der Waals surface area contributed by atoms with Gasteiger partial charge in [0, 0.05) is 10.6 Å². The molecule has 1 aromatic carbocycles. The van der Waals surface area contributed by atoms with Crippen molar-refractivity contribution in [1.82, 2.24) is 0 Å². The van der Waals surface area contributed by atoms with E-state index in [2.05, 4.69) is 19.6 Å². The van der Waals surface area contributed by atoms with Crippen molar-refractivity contribution in [3.8, 4) is 0 Å². The standard InChI is InChI=1S/C9H13NS/c1-3-7-5-8(10)6(2)4-9(7)11/h4-5,11H,3,10H2,1-2H3. The molecule has 0 aliphatic heterocycles. The smallest absolute Gasteiger partial charge is 0.0347 e. The van der Waals surface area contributed by atoms with E-state index in [4.69, 9.17) is 5.73 Å². The van der Waals surface area contributed by atoms with E-state index in [1.54, 1.807) is 0 Å². The molecule has 1 aromatic rings. The summed E-state index contributed by atoms with van der Waals surface area (Å²) < 4.78 is 0. The van der Waals surface area contributed by atoms with Crippen molar-refractivity contribution in [2.45, 2.75) is 25.2 Å². The molecule has 1 nitrogen and oxygen atoms in total. The normalized spacial score (nSPS) is 10.1. The fourth-order valence-corrected chi connectivity index (χ4v) is 1.46. The van der Waals surface area contributed by atoms with E-state index < -0.39 is 0 Å². The minimum atomic E-state index is 0.861. The predicted octanol–water partition coefficient (Wildman–Crippen LogP) is 2.43. The number of hydrogen-bond donors (Lipinski definition) is 2. The molecule has 0 saturated heterocycles. The third-order valence-electron chi connectivity index (χ3n) is 1.85. The molecule has 0 radical (unpaired) electrons. The molecule has 0 aliphatic rings. The highest BCUT2D eigenvalue weighted by atomic mass is 32.1. The number of nitrogen functional groups attached to an aromatic ring is 1. The molecule has 0 heterocycles. The summed E-state index contributed by atoms with van der Waals surface area (Å²) in [5.41, 5.74) is 8.91. The van der Waals surface area contributed by atoms with Crippen LogP contribution in [0.15, 0.2) is 17.0 Å². The van der Waals surface area contributed by atoms with E-state index in [-0.39, 0.29) is 0 Å². The van der Waals surface area contributed by atoms with Crippen LogP contribution in [0.25, 0.3) is 0 Å². The minimum Gasteiger partial charge on any atom is -0.399 e. The zero-order chi connectivity index (χ0) is 8.43. The van der Waals surface area contributed by atoms with Crippen LogP contribution in [0.4, 0.5) is 5.69 Å². The number of hydrogen-bond acceptors (Lipinski definition) is 2. The van der Waals surface area contributed by atoms with Crippen LogP contribution in [-0.4, -0.2) is 0 Å². The average molecular weight is 167 g/mol. The second-order valence-corrected chi connectivity index (χ2v) is 3.17. The molecule has 0 aliphatic carbocycles. The van der Waals surface area contributed by atoms with Crippen molar-refractivity contribution in [3.63, 3.8) is 0 Å². The first-order chi connectivity index (χ1) is 5.15. The van der Waals surface area contributed by atoms with Gasteiger partial charge in [-0.3, -0.25) is 0 Å². The van der Waals surface area contributed by atoms with Crippen LogP contribution in [0.5, 0.6) is 0 Å². The number of anilines is 1. The van der Waals surface area contributed by atoms with E-state index in [1.807, 2.05) is 19.1 Å². The first-order valence-electron chi connectivity index (χ1n) is 3.73. The maximum Gasteiger partial charge on any atom is 0.0347 e. The van der Waals surface area contributed by atoms with Crippen LogP contribution in [0.2, 0.25) is 0 Å². The van der Waals surface area contributed by atoms with Crippen molar-refractivity contribution < 1.29 is 0 Å². The largest absolute Gasteiger partial charge is 0.399 e. The van der Waals surface area contributed by atoms with Gasteiger partial charge in [-0.1, -0.05) is 6.92 Å². The highest BCUT2D eigenvalue weighted by Gasteiger charge is 1.99. The van der Waals surface area contributed by atoms with E-state index in [0.717, 1.165) is 22.6 Å². The van der Waals surface area contributed by atoms with E-state index >= 15 is 0 Å². The summed E-state index contributed by atoms with van der Waals surface area (Å²) in [4.78, 5) is 1.04. The summed E-state index contributed by atoms with van der Waals surface area (Å²) >= 11 is 4.34. The molecule has 0 aromatic heterocycles. The van der Waals surface area contributed by atoms with Gasteiger partial charge in [-0.05, 0) is 36.6 Å². The monoisotopic (exact) mass is 167 g/mol. The van der Waals surface area contributed by atoms with Crippen molar-refractivity contribution in [2.24, 2.45) is 0 Å². The lowest BCUT2D eigenvalue weighted by atomic mass is 10.1. The third kappa shape index (κ3) is 1.69. The van der Waals surface area contributed by atoms with Gasteiger partial charge in [0.15, 0.2) is 0 Å². The molecule has 0 amide bonds. The molecule has 1 rings (SSSR count). The van der Waals surface area contributed by atoms with Crippen LogP contribution in [0.3, 0.4) is 0 Å². The quantitative estimate of drug-likeness (QED) is 0.487. The number of benzene rings is 1. The Morgan fingerprint density at radius 2 is 2.09 bits per heavy atom. The second-order valence-electron chi connectivity index (χ2n) is 2.69. The highest BCUT2D eigenvalue weighted by Crippen LogP contribution is 2.21. The summed E-state index contributed by atoms with van der Waals surface area (Å²) in [5.74, 6) is 0. The lowest BCUT2D eigenvalue weighted by molar-refractivity contribution is 1.08. The Hall–Kier alpha value is -0.630. The zero-order valence-electron chi connectivity index (χ0n) is 6.89. The molecule has 11 heavy (non-hydrogen) atoms. The van der Waals surface area contributed by atoms with Gasteiger partial charge < -0.3 is 5.73 Å². The van der Waals surface area contributed by atoms with Crippen molar-refractivity contribution >= 4 is 18.3 Å². The Bertz CT molecular complexity index is 269. The first kappa shape index (κ1) is 8.47. The van der Waals surface area contributed by atoms with Gasteiger partial charge in [-0.25, -0.2) is 0 Å². The second kappa shape index (κ2) is 3.18. The van der Waals surface area contributed by atoms with Crippen LogP contribution < -0.4 is 5.73 Å². The molecular formula is C9H13NS. The van der Waals surface area contributed by atoms with Crippen LogP contribution in [0, 0.1) is 6.92 Å². The molecule has 0 bridgehead atoms. The molecule has 0 unspecified atom stereocenters. The SMILES string of the molecule is CCc1cc(N)c(C)cc1S. The van der Waals surface area contributed by atoms with Gasteiger partial charge in [-0.2, -0.15) is 0 Å². The van der Waals surface area contributed by atoms with Gasteiger partial charge in [0.1, 0.15) is 0 Å². The Morgan fingerprint density at radius 3 is 2.64 bits per heavy atom. The molecule has 0 fully saturated rings. The Kier molecular flexibility index (Phi) is 2.45. The van der Waals surface area contributed by atoms with Crippen molar-refractivity contribution in [3.05, 3.63) is 23.3 Å². The van der Waals surface area contributed by atoms with Gasteiger partial charge in [0.25, 0.3) is 0 Å². The summed E-state index contributed by atoms with van der Waals surface area (Å²) in [5, 5.41) is 0. The molecule has 0 saturated carbocycles. The molecule has 2 heteroatoms. The molecule has 2 N–H and O–H groups in total. The van der Waals surface area contributed by atoms with Crippen molar-refractivity contribution in [2.75, 3.05) is 5.73 Å². The molecule has 60 valence electrons. The predicted molar refractivity (Wildman–Crippen MR) is 52.2 cm³/mol. The van der Waals surface area contributed by atoms with Gasteiger partial charge in [0.05, 0.1) is 0 Å². The van der Waals surface area contributed by atoms with Gasteiger partial charge in [-0.15, -0.1) is 12.6 Å².